The first kappa shape index (κ1) is 12.1. The van der Waals surface area contributed by atoms with Crippen LogP contribution in [0.25, 0.3) is 0 Å². The second kappa shape index (κ2) is 3.90. The van der Waals surface area contributed by atoms with E-state index in [1.165, 1.54) is 0 Å². The fraction of sp³-hybridized carbons (Fsp3) is 0.125. The van der Waals surface area contributed by atoms with Crippen LogP contribution in [0.4, 0.5) is 13.2 Å². The number of carboxylic acids is 1. The van der Waals surface area contributed by atoms with Crippen molar-refractivity contribution in [1.82, 2.24) is 0 Å². The van der Waals surface area contributed by atoms with Crippen LogP contribution < -0.4 is 0 Å². The molecule has 0 saturated heterocycles. The zero-order valence-electron chi connectivity index (χ0n) is 6.90. The van der Waals surface area contributed by atoms with Gasteiger partial charge in [0.15, 0.2) is 0 Å². The van der Waals surface area contributed by atoms with E-state index in [-0.39, 0.29) is 0 Å². The van der Waals surface area contributed by atoms with Crippen LogP contribution in [0.2, 0.25) is 10.0 Å². The molecule has 0 heterocycles. The lowest BCUT2D eigenvalue weighted by Crippen LogP contribution is -2.25. The maximum atomic E-state index is 13.0. The first-order chi connectivity index (χ1) is 6.76. The molecule has 1 N–H and O–H groups in total. The highest BCUT2D eigenvalue weighted by Crippen LogP contribution is 2.36. The molecular formula is C8H3Cl2F3O2. The van der Waals surface area contributed by atoms with Gasteiger partial charge in [-0.25, -0.2) is 9.18 Å². The average Bonchev–Trinajstić information content (AvgIpc) is 2.10. The van der Waals surface area contributed by atoms with Crippen LogP contribution in [0.15, 0.2) is 12.1 Å². The molecule has 0 atom stereocenters. The molecule has 7 heteroatoms. The zero-order valence-corrected chi connectivity index (χ0v) is 8.41. The third-order valence-electron chi connectivity index (χ3n) is 1.62. The minimum absolute atomic E-state index is 0.304. The lowest BCUT2D eigenvalue weighted by molar-refractivity contribution is -0.166. The van der Waals surface area contributed by atoms with Crippen LogP contribution in [-0.4, -0.2) is 11.1 Å². The summed E-state index contributed by atoms with van der Waals surface area (Å²) in [6.07, 6.45) is 0. The fourth-order valence-corrected chi connectivity index (χ4v) is 1.38. The SMILES string of the molecule is O=C(O)C(F)(F)c1cc(F)c(Cl)cc1Cl. The highest BCUT2D eigenvalue weighted by molar-refractivity contribution is 6.35. The maximum absolute atomic E-state index is 13.0. The van der Waals surface area contributed by atoms with E-state index in [0.717, 1.165) is 6.07 Å². The predicted octanol–water partition coefficient (Wildman–Crippen LogP) is 3.31. The van der Waals surface area contributed by atoms with Crippen molar-refractivity contribution in [2.45, 2.75) is 5.92 Å². The average molecular weight is 259 g/mol. The number of carboxylic acid groups (broad SMARTS) is 1. The largest absolute Gasteiger partial charge is 0.477 e. The molecule has 0 spiro atoms. The van der Waals surface area contributed by atoms with Gasteiger partial charge in [0.25, 0.3) is 0 Å². The monoisotopic (exact) mass is 258 g/mol. The molecule has 1 aromatic rings. The molecule has 0 aliphatic rings. The number of aliphatic carboxylic acids is 1. The van der Waals surface area contributed by atoms with Gasteiger partial charge in [0.05, 0.1) is 15.6 Å². The van der Waals surface area contributed by atoms with Crippen LogP contribution in [-0.2, 0) is 10.7 Å². The summed E-state index contributed by atoms with van der Waals surface area (Å²) in [5, 5.41) is 7.16. The Morgan fingerprint density at radius 2 is 1.80 bits per heavy atom. The standard InChI is InChI=1S/C8H3Cl2F3O2/c9-4-2-5(10)6(11)1-3(4)8(12,13)7(14)15/h1-2H,(H,14,15). The van der Waals surface area contributed by atoms with E-state index < -0.39 is 33.3 Å². The quantitative estimate of drug-likeness (QED) is 0.827. The van der Waals surface area contributed by atoms with Gasteiger partial charge in [0.2, 0.25) is 0 Å². The van der Waals surface area contributed by atoms with Gasteiger partial charge in [-0.05, 0) is 12.1 Å². The Hall–Kier alpha value is -0.940. The number of benzene rings is 1. The van der Waals surface area contributed by atoms with E-state index in [1.807, 2.05) is 0 Å². The molecule has 82 valence electrons. The lowest BCUT2D eigenvalue weighted by Gasteiger charge is -2.13. The molecule has 0 aliphatic heterocycles. The molecule has 0 radical (unpaired) electrons. The zero-order chi connectivity index (χ0) is 11.8. The maximum Gasteiger partial charge on any atom is 0.379 e. The van der Waals surface area contributed by atoms with Crippen molar-refractivity contribution in [3.8, 4) is 0 Å². The molecule has 2 nitrogen and oxygen atoms in total. The number of halogens is 5. The summed E-state index contributed by atoms with van der Waals surface area (Å²) < 4.78 is 38.8. The highest BCUT2D eigenvalue weighted by atomic mass is 35.5. The van der Waals surface area contributed by atoms with Crippen LogP contribution in [0, 0.1) is 5.82 Å². The first-order valence-corrected chi connectivity index (χ1v) is 4.28. The van der Waals surface area contributed by atoms with Crippen molar-refractivity contribution in [3.05, 3.63) is 33.6 Å². The van der Waals surface area contributed by atoms with Crippen LogP contribution >= 0.6 is 23.2 Å². The Morgan fingerprint density at radius 1 is 1.27 bits per heavy atom. The lowest BCUT2D eigenvalue weighted by atomic mass is 10.1. The second-order valence-electron chi connectivity index (χ2n) is 2.63. The van der Waals surface area contributed by atoms with Crippen molar-refractivity contribution in [3.63, 3.8) is 0 Å². The topological polar surface area (TPSA) is 37.3 Å². The number of rotatable bonds is 2. The number of hydrogen-bond donors (Lipinski definition) is 1. The second-order valence-corrected chi connectivity index (χ2v) is 3.44. The van der Waals surface area contributed by atoms with Crippen LogP contribution in [0.1, 0.15) is 5.56 Å². The van der Waals surface area contributed by atoms with E-state index in [2.05, 4.69) is 0 Å². The Bertz CT molecular complexity index is 421. The Balaban J connectivity index is 3.38. The third kappa shape index (κ3) is 2.18. The summed E-state index contributed by atoms with van der Waals surface area (Å²) in [6, 6.07) is 1.03. The Kier molecular flexibility index (Phi) is 3.16. The van der Waals surface area contributed by atoms with Gasteiger partial charge in [-0.1, -0.05) is 23.2 Å². The molecule has 0 bridgehead atoms. The minimum Gasteiger partial charge on any atom is -0.477 e. The van der Waals surface area contributed by atoms with Gasteiger partial charge in [0.1, 0.15) is 5.82 Å². The molecule has 15 heavy (non-hydrogen) atoms. The molecular weight excluding hydrogens is 256 g/mol. The fourth-order valence-electron chi connectivity index (χ4n) is 0.878. The molecule has 0 amide bonds. The molecule has 0 aliphatic carbocycles. The molecule has 0 saturated carbocycles. The van der Waals surface area contributed by atoms with Gasteiger partial charge in [-0.15, -0.1) is 0 Å². The van der Waals surface area contributed by atoms with Gasteiger partial charge in [-0.2, -0.15) is 8.78 Å². The first-order valence-electron chi connectivity index (χ1n) is 3.53. The Labute approximate surface area is 92.2 Å². The van der Waals surface area contributed by atoms with Crippen molar-refractivity contribution in [2.75, 3.05) is 0 Å². The molecule has 0 unspecified atom stereocenters. The van der Waals surface area contributed by atoms with E-state index in [4.69, 9.17) is 28.3 Å². The van der Waals surface area contributed by atoms with Crippen molar-refractivity contribution in [1.29, 1.82) is 0 Å². The van der Waals surface area contributed by atoms with E-state index >= 15 is 0 Å². The molecule has 0 aromatic heterocycles. The smallest absolute Gasteiger partial charge is 0.379 e. The Morgan fingerprint density at radius 3 is 2.27 bits per heavy atom. The summed E-state index contributed by atoms with van der Waals surface area (Å²) in [7, 11) is 0. The van der Waals surface area contributed by atoms with Crippen molar-refractivity contribution < 1.29 is 23.1 Å². The summed E-state index contributed by atoms with van der Waals surface area (Å²) in [6.45, 7) is 0. The van der Waals surface area contributed by atoms with Crippen LogP contribution in [0.3, 0.4) is 0 Å². The summed E-state index contributed by atoms with van der Waals surface area (Å²) in [5.41, 5.74) is -1.13. The van der Waals surface area contributed by atoms with E-state index in [0.29, 0.717) is 6.07 Å². The number of hydrogen-bond acceptors (Lipinski definition) is 1. The minimum atomic E-state index is -4.25. The molecule has 1 rings (SSSR count). The van der Waals surface area contributed by atoms with Gasteiger partial charge >= 0.3 is 11.9 Å². The molecule has 1 aromatic carbocycles. The molecule has 0 fully saturated rings. The summed E-state index contributed by atoms with van der Waals surface area (Å²) >= 11 is 10.6. The van der Waals surface area contributed by atoms with Crippen molar-refractivity contribution >= 4 is 29.2 Å². The third-order valence-corrected chi connectivity index (χ3v) is 2.22. The predicted molar refractivity (Wildman–Crippen MR) is 47.9 cm³/mol. The van der Waals surface area contributed by atoms with Gasteiger partial charge in [0, 0.05) is 0 Å². The van der Waals surface area contributed by atoms with Gasteiger partial charge in [-0.3, -0.25) is 0 Å². The summed E-state index contributed by atoms with van der Waals surface area (Å²) in [5.74, 6) is -7.81. The highest BCUT2D eigenvalue weighted by Gasteiger charge is 2.43. The van der Waals surface area contributed by atoms with E-state index in [9.17, 15) is 18.0 Å². The number of alkyl halides is 2. The van der Waals surface area contributed by atoms with E-state index in [1.54, 1.807) is 0 Å². The number of carbonyl (C=O) groups is 1. The van der Waals surface area contributed by atoms with Crippen LogP contribution in [0.5, 0.6) is 0 Å². The normalized spacial score (nSPS) is 11.5. The van der Waals surface area contributed by atoms with Crippen molar-refractivity contribution in [2.24, 2.45) is 0 Å². The van der Waals surface area contributed by atoms with Gasteiger partial charge < -0.3 is 5.11 Å². The summed E-state index contributed by atoms with van der Waals surface area (Å²) in [4.78, 5) is 10.2.